The third-order valence-corrected chi connectivity index (χ3v) is 3.90. The Bertz CT molecular complexity index is 803. The number of fused-ring (bicyclic) bond motifs is 1. The van der Waals surface area contributed by atoms with Crippen molar-refractivity contribution in [1.82, 2.24) is 9.55 Å². The van der Waals surface area contributed by atoms with Crippen molar-refractivity contribution < 1.29 is 0 Å². The number of hydrazone groups is 1. The largest absolute Gasteiger partial charge is 0.312 e. The second-order valence-electron chi connectivity index (χ2n) is 4.80. The molecule has 0 atom stereocenters. The summed E-state index contributed by atoms with van der Waals surface area (Å²) in [6, 6.07) is 16.1. The molecule has 0 fully saturated rings. The number of aryl methyl sites for hydroxylation is 1. The Hall–Kier alpha value is -2.14. The lowest BCUT2D eigenvalue weighted by molar-refractivity contribution is 0.942. The molecule has 0 amide bonds. The third kappa shape index (κ3) is 2.83. The van der Waals surface area contributed by atoms with Crippen LogP contribution in [0.15, 0.2) is 58.1 Å². The van der Waals surface area contributed by atoms with E-state index >= 15 is 0 Å². The summed E-state index contributed by atoms with van der Waals surface area (Å²) in [5.41, 5.74) is 7.07. The number of rotatable bonds is 3. The zero-order valence-corrected chi connectivity index (χ0v) is 13.4. The Morgan fingerprint density at radius 2 is 1.86 bits per heavy atom. The Morgan fingerprint density at radius 1 is 1.14 bits per heavy atom. The van der Waals surface area contributed by atoms with Crippen molar-refractivity contribution >= 4 is 38.6 Å². The van der Waals surface area contributed by atoms with Crippen LogP contribution in [0.2, 0.25) is 0 Å². The van der Waals surface area contributed by atoms with Gasteiger partial charge in [0, 0.05) is 11.5 Å². The summed E-state index contributed by atoms with van der Waals surface area (Å²) >= 11 is 3.43. The number of nitrogens with one attached hydrogen (secondary N) is 1. The van der Waals surface area contributed by atoms with E-state index in [9.17, 15) is 0 Å². The average molecular weight is 343 g/mol. The Labute approximate surface area is 131 Å². The van der Waals surface area contributed by atoms with Gasteiger partial charge in [-0.2, -0.15) is 5.10 Å². The zero-order chi connectivity index (χ0) is 14.8. The second-order valence-corrected chi connectivity index (χ2v) is 5.71. The molecule has 0 aliphatic carbocycles. The van der Waals surface area contributed by atoms with Gasteiger partial charge in [0.05, 0.1) is 16.7 Å². The van der Waals surface area contributed by atoms with Crippen molar-refractivity contribution in [3.8, 4) is 0 Å². The number of anilines is 1. The summed E-state index contributed by atoms with van der Waals surface area (Å²) in [5.74, 6) is 0.729. The maximum atomic E-state index is 4.53. The fourth-order valence-corrected chi connectivity index (χ4v) is 2.40. The topological polar surface area (TPSA) is 42.2 Å². The van der Waals surface area contributed by atoms with Crippen LogP contribution >= 0.6 is 15.9 Å². The molecule has 0 radical (unpaired) electrons. The average Bonchev–Trinajstić information content (AvgIpc) is 2.82. The standard InChI is InChI=1S/C16H15BrN4/c1-11(12-7-9-13(17)10-8-12)19-20-16-18-14-5-3-4-6-15(14)21(16)2/h3-10H,1-2H3,(H,18,20)/b19-11+. The highest BCUT2D eigenvalue weighted by molar-refractivity contribution is 9.10. The zero-order valence-electron chi connectivity index (χ0n) is 11.8. The first-order chi connectivity index (χ1) is 10.1. The van der Waals surface area contributed by atoms with Gasteiger partial charge < -0.3 is 4.57 Å². The molecule has 5 heteroatoms. The SMILES string of the molecule is C/C(=N\Nc1nc2ccccc2n1C)c1ccc(Br)cc1. The van der Waals surface area contributed by atoms with E-state index in [0.717, 1.165) is 32.7 Å². The predicted molar refractivity (Wildman–Crippen MR) is 90.7 cm³/mol. The number of imidazole rings is 1. The van der Waals surface area contributed by atoms with Crippen LogP contribution in [-0.4, -0.2) is 15.3 Å². The van der Waals surface area contributed by atoms with Crippen LogP contribution in [0, 0.1) is 0 Å². The number of benzene rings is 2. The van der Waals surface area contributed by atoms with E-state index in [0.29, 0.717) is 0 Å². The lowest BCUT2D eigenvalue weighted by Crippen LogP contribution is -2.03. The van der Waals surface area contributed by atoms with Crippen molar-refractivity contribution in [1.29, 1.82) is 0 Å². The minimum absolute atomic E-state index is 0.729. The smallest absolute Gasteiger partial charge is 0.224 e. The van der Waals surface area contributed by atoms with Gasteiger partial charge in [-0.15, -0.1) is 0 Å². The minimum Gasteiger partial charge on any atom is -0.312 e. The summed E-state index contributed by atoms with van der Waals surface area (Å²) < 4.78 is 3.05. The van der Waals surface area contributed by atoms with E-state index in [4.69, 9.17) is 0 Å². The number of hydrogen-bond acceptors (Lipinski definition) is 3. The number of hydrogen-bond donors (Lipinski definition) is 1. The van der Waals surface area contributed by atoms with Crippen LogP contribution in [0.25, 0.3) is 11.0 Å². The van der Waals surface area contributed by atoms with Gasteiger partial charge in [-0.25, -0.2) is 10.4 Å². The monoisotopic (exact) mass is 342 g/mol. The highest BCUT2D eigenvalue weighted by Crippen LogP contribution is 2.17. The number of para-hydroxylation sites is 2. The first kappa shape index (κ1) is 13.8. The van der Waals surface area contributed by atoms with Crippen LogP contribution in [0.1, 0.15) is 12.5 Å². The van der Waals surface area contributed by atoms with Crippen molar-refractivity contribution in [2.75, 3.05) is 5.43 Å². The van der Waals surface area contributed by atoms with Crippen LogP contribution in [0.3, 0.4) is 0 Å². The molecule has 1 heterocycles. The Balaban J connectivity index is 1.86. The molecule has 0 bridgehead atoms. The first-order valence-corrected chi connectivity index (χ1v) is 7.42. The molecule has 0 spiro atoms. The highest BCUT2D eigenvalue weighted by atomic mass is 79.9. The van der Waals surface area contributed by atoms with Gasteiger partial charge in [0.1, 0.15) is 0 Å². The van der Waals surface area contributed by atoms with E-state index in [2.05, 4.69) is 31.4 Å². The van der Waals surface area contributed by atoms with Crippen molar-refractivity contribution in [2.45, 2.75) is 6.92 Å². The molecule has 1 N–H and O–H groups in total. The molecule has 3 rings (SSSR count). The van der Waals surface area contributed by atoms with E-state index in [1.54, 1.807) is 0 Å². The lowest BCUT2D eigenvalue weighted by Gasteiger charge is -2.04. The number of halogens is 1. The van der Waals surface area contributed by atoms with Gasteiger partial charge in [0.2, 0.25) is 5.95 Å². The molecule has 0 saturated carbocycles. The molecular weight excluding hydrogens is 328 g/mol. The van der Waals surface area contributed by atoms with Gasteiger partial charge in [0.25, 0.3) is 0 Å². The highest BCUT2D eigenvalue weighted by Gasteiger charge is 2.06. The molecular formula is C16H15BrN4. The molecule has 0 saturated heterocycles. The summed E-state index contributed by atoms with van der Waals surface area (Å²) in [4.78, 5) is 4.53. The van der Waals surface area contributed by atoms with E-state index in [1.165, 1.54) is 0 Å². The van der Waals surface area contributed by atoms with Gasteiger partial charge in [-0.1, -0.05) is 40.2 Å². The van der Waals surface area contributed by atoms with E-state index < -0.39 is 0 Å². The summed E-state index contributed by atoms with van der Waals surface area (Å²) in [7, 11) is 1.97. The molecule has 0 unspecified atom stereocenters. The molecule has 106 valence electrons. The summed E-state index contributed by atoms with van der Waals surface area (Å²) in [6.07, 6.45) is 0. The van der Waals surface area contributed by atoms with Gasteiger partial charge in [-0.3, -0.25) is 0 Å². The Morgan fingerprint density at radius 3 is 2.57 bits per heavy atom. The van der Waals surface area contributed by atoms with Gasteiger partial charge in [0.15, 0.2) is 0 Å². The first-order valence-electron chi connectivity index (χ1n) is 6.63. The number of aromatic nitrogens is 2. The van der Waals surface area contributed by atoms with E-state index in [1.807, 2.05) is 67.1 Å². The fraction of sp³-hybridized carbons (Fsp3) is 0.125. The quantitative estimate of drug-likeness (QED) is 0.573. The van der Waals surface area contributed by atoms with Gasteiger partial charge in [-0.05, 0) is 36.8 Å². The summed E-state index contributed by atoms with van der Waals surface area (Å²) in [6.45, 7) is 1.97. The maximum Gasteiger partial charge on any atom is 0.224 e. The lowest BCUT2D eigenvalue weighted by atomic mass is 10.1. The molecule has 1 aromatic heterocycles. The molecule has 4 nitrogen and oxygen atoms in total. The van der Waals surface area contributed by atoms with Crippen LogP contribution in [0.5, 0.6) is 0 Å². The maximum absolute atomic E-state index is 4.53. The van der Waals surface area contributed by atoms with Crippen LogP contribution in [0.4, 0.5) is 5.95 Å². The predicted octanol–water partition coefficient (Wildman–Crippen LogP) is 4.17. The summed E-state index contributed by atoms with van der Waals surface area (Å²) in [5, 5.41) is 4.42. The van der Waals surface area contributed by atoms with Gasteiger partial charge >= 0.3 is 0 Å². The van der Waals surface area contributed by atoms with E-state index in [-0.39, 0.29) is 0 Å². The fourth-order valence-electron chi connectivity index (χ4n) is 2.14. The van der Waals surface area contributed by atoms with Crippen LogP contribution < -0.4 is 5.43 Å². The molecule has 0 aliphatic rings. The minimum atomic E-state index is 0.729. The normalized spacial score (nSPS) is 11.9. The number of nitrogens with zero attached hydrogens (tertiary/aromatic N) is 3. The molecule has 3 aromatic rings. The van der Waals surface area contributed by atoms with Crippen LogP contribution in [-0.2, 0) is 7.05 Å². The Kier molecular flexibility index (Phi) is 3.75. The van der Waals surface area contributed by atoms with Crippen molar-refractivity contribution in [3.63, 3.8) is 0 Å². The third-order valence-electron chi connectivity index (χ3n) is 3.37. The van der Waals surface area contributed by atoms with Crippen molar-refractivity contribution in [2.24, 2.45) is 12.1 Å². The molecule has 2 aromatic carbocycles. The van der Waals surface area contributed by atoms with Crippen molar-refractivity contribution in [3.05, 3.63) is 58.6 Å². The molecule has 0 aliphatic heterocycles. The molecule has 21 heavy (non-hydrogen) atoms. The second kappa shape index (κ2) is 5.69.